The second-order valence-corrected chi connectivity index (χ2v) is 3.90. The molecule has 0 aliphatic heterocycles. The highest BCUT2D eigenvalue weighted by Gasteiger charge is 2.19. The minimum Gasteiger partial charge on any atom is -0.447 e. The zero-order valence-corrected chi connectivity index (χ0v) is 10.2. The molecule has 2 aromatic rings. The number of rotatable bonds is 4. The zero-order valence-electron chi connectivity index (χ0n) is 10.2. The largest absolute Gasteiger partial charge is 0.447 e. The Labute approximate surface area is 112 Å². The Bertz CT molecular complexity index is 662. The Morgan fingerprint density at radius 1 is 1.25 bits per heavy atom. The second kappa shape index (κ2) is 5.62. The van der Waals surface area contributed by atoms with Crippen molar-refractivity contribution in [1.29, 1.82) is 0 Å². The first kappa shape index (κ1) is 13.9. The summed E-state index contributed by atoms with van der Waals surface area (Å²) < 4.78 is 32.1. The van der Waals surface area contributed by atoms with Crippen molar-refractivity contribution in [2.75, 3.05) is 0 Å². The number of ether oxygens (including phenoxy) is 1. The lowest BCUT2D eigenvalue weighted by atomic mass is 10.2. The van der Waals surface area contributed by atoms with E-state index in [4.69, 9.17) is 10.5 Å². The van der Waals surface area contributed by atoms with Crippen LogP contribution in [0, 0.1) is 21.7 Å². The topological polar surface area (TPSA) is 78.4 Å². The summed E-state index contributed by atoms with van der Waals surface area (Å²) >= 11 is 0. The van der Waals surface area contributed by atoms with Crippen LogP contribution in [0.15, 0.2) is 36.4 Å². The Hall–Kier alpha value is -2.54. The third-order valence-electron chi connectivity index (χ3n) is 2.60. The van der Waals surface area contributed by atoms with E-state index in [0.29, 0.717) is 5.56 Å². The van der Waals surface area contributed by atoms with E-state index in [1.54, 1.807) is 0 Å². The summed E-state index contributed by atoms with van der Waals surface area (Å²) in [6.07, 6.45) is 0. The van der Waals surface area contributed by atoms with Gasteiger partial charge in [0.1, 0.15) is 5.82 Å². The lowest BCUT2D eigenvalue weighted by Gasteiger charge is -2.11. The van der Waals surface area contributed by atoms with E-state index in [1.165, 1.54) is 12.1 Å². The molecule has 2 aromatic carbocycles. The van der Waals surface area contributed by atoms with Crippen LogP contribution in [-0.2, 0) is 6.54 Å². The van der Waals surface area contributed by atoms with E-state index < -0.39 is 22.2 Å². The monoisotopic (exact) mass is 280 g/mol. The van der Waals surface area contributed by atoms with E-state index in [9.17, 15) is 18.9 Å². The summed E-state index contributed by atoms with van der Waals surface area (Å²) in [7, 11) is 0. The van der Waals surface area contributed by atoms with Gasteiger partial charge in [0, 0.05) is 24.2 Å². The third kappa shape index (κ3) is 2.72. The first-order chi connectivity index (χ1) is 9.52. The number of nitrogens with two attached hydrogens (primary N) is 1. The molecule has 2 rings (SSSR count). The van der Waals surface area contributed by atoms with Crippen molar-refractivity contribution in [3.8, 4) is 11.5 Å². The van der Waals surface area contributed by atoms with Crippen molar-refractivity contribution in [3.05, 3.63) is 63.7 Å². The van der Waals surface area contributed by atoms with Gasteiger partial charge in [-0.15, -0.1) is 0 Å². The van der Waals surface area contributed by atoms with Gasteiger partial charge in [0.05, 0.1) is 4.92 Å². The molecule has 0 atom stereocenters. The molecule has 0 heterocycles. The molecule has 20 heavy (non-hydrogen) atoms. The van der Waals surface area contributed by atoms with Crippen LogP contribution in [0.4, 0.5) is 14.5 Å². The molecule has 0 radical (unpaired) electrons. The predicted octanol–water partition coefficient (Wildman–Crippen LogP) is 3.12. The summed E-state index contributed by atoms with van der Waals surface area (Å²) in [5.74, 6) is -2.08. The predicted molar refractivity (Wildman–Crippen MR) is 67.4 cm³/mol. The summed E-state index contributed by atoms with van der Waals surface area (Å²) in [6, 6.07) is 6.78. The van der Waals surface area contributed by atoms with E-state index in [2.05, 4.69) is 0 Å². The minimum atomic E-state index is -0.738. The Kier molecular flexibility index (Phi) is 3.90. The number of nitro groups is 1. The molecule has 104 valence electrons. The van der Waals surface area contributed by atoms with Crippen LogP contribution >= 0.6 is 0 Å². The normalized spacial score (nSPS) is 10.3. The van der Waals surface area contributed by atoms with Gasteiger partial charge in [0.15, 0.2) is 11.6 Å². The Balaban J connectivity index is 2.50. The van der Waals surface area contributed by atoms with Gasteiger partial charge in [-0.3, -0.25) is 10.1 Å². The minimum absolute atomic E-state index is 0.0177. The molecule has 0 fully saturated rings. The third-order valence-corrected chi connectivity index (χ3v) is 2.60. The number of halogens is 2. The molecule has 2 N–H and O–H groups in total. The van der Waals surface area contributed by atoms with Crippen LogP contribution in [0.2, 0.25) is 0 Å². The van der Waals surface area contributed by atoms with Crippen LogP contribution < -0.4 is 10.5 Å². The Morgan fingerprint density at radius 2 is 2.00 bits per heavy atom. The van der Waals surface area contributed by atoms with Crippen molar-refractivity contribution < 1.29 is 18.4 Å². The summed E-state index contributed by atoms with van der Waals surface area (Å²) in [6.45, 7) is -0.0177. The van der Waals surface area contributed by atoms with Gasteiger partial charge in [-0.1, -0.05) is 12.1 Å². The van der Waals surface area contributed by atoms with E-state index in [0.717, 1.165) is 24.3 Å². The summed E-state index contributed by atoms with van der Waals surface area (Å²) in [4.78, 5) is 10.1. The molecule has 0 saturated heterocycles. The van der Waals surface area contributed by atoms with Crippen LogP contribution in [0.1, 0.15) is 5.56 Å². The number of hydrogen-bond donors (Lipinski definition) is 1. The van der Waals surface area contributed by atoms with Gasteiger partial charge in [0.2, 0.25) is 5.75 Å². The fraction of sp³-hybridized carbons (Fsp3) is 0.0769. The maximum Gasteiger partial charge on any atom is 0.311 e. The second-order valence-electron chi connectivity index (χ2n) is 3.90. The molecule has 0 unspecified atom stereocenters. The molecule has 0 aliphatic carbocycles. The number of nitrogens with zero attached hydrogens (tertiary/aromatic N) is 1. The first-order valence-corrected chi connectivity index (χ1v) is 5.62. The summed E-state index contributed by atoms with van der Waals surface area (Å²) in [5, 5.41) is 10.8. The van der Waals surface area contributed by atoms with Gasteiger partial charge in [-0.25, -0.2) is 8.78 Å². The van der Waals surface area contributed by atoms with Crippen molar-refractivity contribution >= 4 is 5.69 Å². The molecular weight excluding hydrogens is 270 g/mol. The van der Waals surface area contributed by atoms with E-state index in [1.807, 2.05) is 0 Å². The highest BCUT2D eigenvalue weighted by atomic mass is 19.1. The van der Waals surface area contributed by atoms with Gasteiger partial charge >= 0.3 is 5.69 Å². The van der Waals surface area contributed by atoms with Crippen LogP contribution in [-0.4, -0.2) is 4.92 Å². The molecule has 0 bridgehead atoms. The van der Waals surface area contributed by atoms with Crippen LogP contribution in [0.25, 0.3) is 0 Å². The zero-order chi connectivity index (χ0) is 14.7. The number of benzene rings is 2. The molecule has 0 aromatic heterocycles. The lowest BCUT2D eigenvalue weighted by molar-refractivity contribution is -0.385. The van der Waals surface area contributed by atoms with Crippen molar-refractivity contribution in [1.82, 2.24) is 0 Å². The van der Waals surface area contributed by atoms with Crippen LogP contribution in [0.5, 0.6) is 11.5 Å². The maximum absolute atomic E-state index is 13.7. The fourth-order valence-electron chi connectivity index (χ4n) is 1.66. The highest BCUT2D eigenvalue weighted by molar-refractivity contribution is 5.50. The highest BCUT2D eigenvalue weighted by Crippen LogP contribution is 2.34. The Morgan fingerprint density at radius 3 is 2.65 bits per heavy atom. The SMILES string of the molecule is NCc1cccc(F)c1Oc1cc(F)ccc1[N+](=O)[O-]. The van der Waals surface area contributed by atoms with Crippen molar-refractivity contribution in [2.45, 2.75) is 6.54 Å². The van der Waals surface area contributed by atoms with Crippen LogP contribution in [0.3, 0.4) is 0 Å². The maximum atomic E-state index is 13.7. The standard InChI is InChI=1S/C13H10F2N2O3/c14-9-4-5-11(17(18)19)12(6-9)20-13-8(7-16)2-1-3-10(13)15/h1-6H,7,16H2. The average Bonchev–Trinajstić information content (AvgIpc) is 2.40. The first-order valence-electron chi connectivity index (χ1n) is 5.62. The number of nitro benzene ring substituents is 1. The van der Waals surface area contributed by atoms with E-state index >= 15 is 0 Å². The van der Waals surface area contributed by atoms with Crippen molar-refractivity contribution in [3.63, 3.8) is 0 Å². The molecule has 7 heteroatoms. The smallest absolute Gasteiger partial charge is 0.311 e. The molecular formula is C13H10F2N2O3. The van der Waals surface area contributed by atoms with Gasteiger partial charge in [-0.2, -0.15) is 0 Å². The molecule has 0 amide bonds. The summed E-state index contributed by atoms with van der Waals surface area (Å²) in [5.41, 5.74) is 5.31. The number of para-hydroxylation sites is 1. The van der Waals surface area contributed by atoms with Crippen molar-refractivity contribution in [2.24, 2.45) is 5.73 Å². The molecule has 0 aliphatic rings. The van der Waals surface area contributed by atoms with E-state index in [-0.39, 0.29) is 18.0 Å². The fourth-order valence-corrected chi connectivity index (χ4v) is 1.66. The van der Waals surface area contributed by atoms with Gasteiger partial charge in [0.25, 0.3) is 0 Å². The van der Waals surface area contributed by atoms with Gasteiger partial charge in [-0.05, 0) is 12.1 Å². The lowest BCUT2D eigenvalue weighted by Crippen LogP contribution is -2.02. The number of hydrogen-bond acceptors (Lipinski definition) is 4. The molecule has 5 nitrogen and oxygen atoms in total. The molecule has 0 saturated carbocycles. The van der Waals surface area contributed by atoms with Gasteiger partial charge < -0.3 is 10.5 Å². The average molecular weight is 280 g/mol. The molecule has 0 spiro atoms. The quantitative estimate of drug-likeness (QED) is 0.689.